The second kappa shape index (κ2) is 8.05. The summed E-state index contributed by atoms with van der Waals surface area (Å²) in [5.41, 5.74) is 2.56. The van der Waals surface area contributed by atoms with E-state index >= 15 is 0 Å². The summed E-state index contributed by atoms with van der Waals surface area (Å²) in [6, 6.07) is 4.56. The molecule has 1 aromatic carbocycles. The molecule has 0 aliphatic carbocycles. The lowest BCUT2D eigenvalue weighted by Crippen LogP contribution is -2.22. The molecule has 0 bridgehead atoms. The Labute approximate surface area is 117 Å². The second-order valence-corrected chi connectivity index (χ2v) is 4.86. The van der Waals surface area contributed by atoms with Crippen molar-refractivity contribution in [3.63, 3.8) is 0 Å². The molecule has 1 rings (SSSR count). The summed E-state index contributed by atoms with van der Waals surface area (Å²) in [7, 11) is 3.36. The molecule has 0 amide bonds. The molecule has 3 nitrogen and oxygen atoms in total. The van der Waals surface area contributed by atoms with Crippen molar-refractivity contribution in [1.29, 1.82) is 0 Å². The van der Waals surface area contributed by atoms with Crippen molar-refractivity contribution < 1.29 is 9.47 Å². The molecular formula is C16H27NO2. The van der Waals surface area contributed by atoms with Gasteiger partial charge >= 0.3 is 0 Å². The number of benzene rings is 1. The molecule has 0 aliphatic rings. The maximum Gasteiger partial charge on any atom is 0.161 e. The van der Waals surface area contributed by atoms with Gasteiger partial charge in [-0.15, -0.1) is 0 Å². The first kappa shape index (κ1) is 15.8. The number of rotatable bonds is 8. The molecule has 1 unspecified atom stereocenters. The summed E-state index contributed by atoms with van der Waals surface area (Å²) in [4.78, 5) is 0. The lowest BCUT2D eigenvalue weighted by atomic mass is 9.96. The molecule has 0 heterocycles. The lowest BCUT2D eigenvalue weighted by molar-refractivity contribution is 0.353. The van der Waals surface area contributed by atoms with Crippen LogP contribution < -0.4 is 14.8 Å². The lowest BCUT2D eigenvalue weighted by Gasteiger charge is -2.22. The van der Waals surface area contributed by atoms with Crippen molar-refractivity contribution >= 4 is 0 Å². The van der Waals surface area contributed by atoms with Crippen molar-refractivity contribution in [3.05, 3.63) is 23.3 Å². The van der Waals surface area contributed by atoms with Crippen LogP contribution in [0.4, 0.5) is 0 Å². The monoisotopic (exact) mass is 265 g/mol. The summed E-state index contributed by atoms with van der Waals surface area (Å²) < 4.78 is 10.8. The Kier molecular flexibility index (Phi) is 6.71. The molecule has 1 aromatic rings. The minimum Gasteiger partial charge on any atom is -0.493 e. The number of ether oxygens (including phenoxy) is 2. The van der Waals surface area contributed by atoms with E-state index in [1.165, 1.54) is 11.1 Å². The van der Waals surface area contributed by atoms with E-state index in [4.69, 9.17) is 9.47 Å². The van der Waals surface area contributed by atoms with Crippen LogP contribution in [0.15, 0.2) is 12.1 Å². The van der Waals surface area contributed by atoms with Gasteiger partial charge in [0, 0.05) is 6.04 Å². The summed E-state index contributed by atoms with van der Waals surface area (Å²) in [5, 5.41) is 3.62. The molecule has 0 saturated carbocycles. The standard InChI is InChI=1S/C16H27NO2/c1-6-8-14(17-9-7-2)13-11-16(19-5)15(18-4)10-12(13)3/h10-11,14,17H,6-9H2,1-5H3. The van der Waals surface area contributed by atoms with E-state index in [-0.39, 0.29) is 0 Å². The van der Waals surface area contributed by atoms with Crippen LogP contribution in [-0.4, -0.2) is 20.8 Å². The second-order valence-electron chi connectivity index (χ2n) is 4.86. The van der Waals surface area contributed by atoms with Gasteiger partial charge in [-0.3, -0.25) is 0 Å². The van der Waals surface area contributed by atoms with Gasteiger partial charge in [-0.1, -0.05) is 20.3 Å². The normalized spacial score (nSPS) is 12.3. The summed E-state index contributed by atoms with van der Waals surface area (Å²) in [5.74, 6) is 1.61. The van der Waals surface area contributed by atoms with Crippen molar-refractivity contribution in [1.82, 2.24) is 5.32 Å². The maximum atomic E-state index is 5.41. The minimum absolute atomic E-state index is 0.393. The molecule has 0 saturated heterocycles. The quantitative estimate of drug-likeness (QED) is 0.774. The smallest absolute Gasteiger partial charge is 0.161 e. The third-order valence-corrected chi connectivity index (χ3v) is 3.37. The zero-order chi connectivity index (χ0) is 14.3. The van der Waals surface area contributed by atoms with E-state index in [1.54, 1.807) is 14.2 Å². The van der Waals surface area contributed by atoms with Gasteiger partial charge in [-0.05, 0) is 49.6 Å². The highest BCUT2D eigenvalue weighted by molar-refractivity contribution is 5.48. The van der Waals surface area contributed by atoms with Gasteiger partial charge in [0.15, 0.2) is 11.5 Å². The van der Waals surface area contributed by atoms with Crippen molar-refractivity contribution in [2.24, 2.45) is 0 Å². The first-order chi connectivity index (χ1) is 9.17. The highest BCUT2D eigenvalue weighted by atomic mass is 16.5. The average Bonchev–Trinajstić information content (AvgIpc) is 2.43. The van der Waals surface area contributed by atoms with Gasteiger partial charge in [-0.2, -0.15) is 0 Å². The predicted molar refractivity (Wildman–Crippen MR) is 80.2 cm³/mol. The first-order valence-electron chi connectivity index (χ1n) is 7.13. The molecule has 0 radical (unpaired) electrons. The van der Waals surface area contributed by atoms with Crippen LogP contribution in [-0.2, 0) is 0 Å². The fourth-order valence-corrected chi connectivity index (χ4v) is 2.35. The average molecular weight is 265 g/mol. The molecule has 0 aromatic heterocycles. The van der Waals surface area contributed by atoms with Gasteiger partial charge in [0.05, 0.1) is 14.2 Å². The first-order valence-corrected chi connectivity index (χ1v) is 7.13. The van der Waals surface area contributed by atoms with Crippen molar-refractivity contribution in [3.8, 4) is 11.5 Å². The zero-order valence-electron chi connectivity index (χ0n) is 12.9. The summed E-state index contributed by atoms with van der Waals surface area (Å²) in [6.07, 6.45) is 3.44. The number of nitrogens with one attached hydrogen (secondary N) is 1. The Morgan fingerprint density at radius 2 is 1.68 bits per heavy atom. The molecular weight excluding hydrogens is 238 g/mol. The number of hydrogen-bond acceptors (Lipinski definition) is 3. The molecule has 0 fully saturated rings. The summed E-state index contributed by atoms with van der Waals surface area (Å²) >= 11 is 0. The zero-order valence-corrected chi connectivity index (χ0v) is 12.9. The van der Waals surface area contributed by atoms with Gasteiger partial charge in [0.1, 0.15) is 0 Å². The van der Waals surface area contributed by atoms with E-state index in [1.807, 2.05) is 0 Å². The van der Waals surface area contributed by atoms with Crippen LogP contribution in [0.1, 0.15) is 50.3 Å². The Morgan fingerprint density at radius 1 is 1.05 bits per heavy atom. The van der Waals surface area contributed by atoms with Gasteiger partial charge in [0.2, 0.25) is 0 Å². The van der Waals surface area contributed by atoms with Crippen LogP contribution in [0.3, 0.4) is 0 Å². The van der Waals surface area contributed by atoms with Crippen LogP contribution in [0, 0.1) is 6.92 Å². The van der Waals surface area contributed by atoms with E-state index in [9.17, 15) is 0 Å². The van der Waals surface area contributed by atoms with E-state index in [0.29, 0.717) is 6.04 Å². The van der Waals surface area contributed by atoms with Crippen LogP contribution in [0.2, 0.25) is 0 Å². The highest BCUT2D eigenvalue weighted by Gasteiger charge is 2.16. The number of aryl methyl sites for hydroxylation is 1. The van der Waals surface area contributed by atoms with Crippen LogP contribution in [0.25, 0.3) is 0 Å². The Balaban J connectivity index is 3.07. The van der Waals surface area contributed by atoms with Gasteiger partial charge in [0.25, 0.3) is 0 Å². The Bertz CT molecular complexity index is 391. The fourth-order valence-electron chi connectivity index (χ4n) is 2.35. The molecule has 1 atom stereocenters. The molecule has 0 spiro atoms. The third-order valence-electron chi connectivity index (χ3n) is 3.37. The third kappa shape index (κ3) is 4.13. The molecule has 19 heavy (non-hydrogen) atoms. The SMILES string of the molecule is CCCNC(CCC)c1cc(OC)c(OC)cc1C. The molecule has 0 aliphatic heterocycles. The molecule has 1 N–H and O–H groups in total. The Hall–Kier alpha value is -1.22. The minimum atomic E-state index is 0.393. The van der Waals surface area contributed by atoms with Gasteiger partial charge in [-0.25, -0.2) is 0 Å². The van der Waals surface area contributed by atoms with Crippen molar-refractivity contribution in [2.45, 2.75) is 46.1 Å². The van der Waals surface area contributed by atoms with Crippen LogP contribution in [0.5, 0.6) is 11.5 Å². The topological polar surface area (TPSA) is 30.5 Å². The number of methoxy groups -OCH3 is 2. The van der Waals surface area contributed by atoms with Crippen LogP contribution >= 0.6 is 0 Å². The molecule has 108 valence electrons. The van der Waals surface area contributed by atoms with Gasteiger partial charge < -0.3 is 14.8 Å². The van der Waals surface area contributed by atoms with E-state index < -0.39 is 0 Å². The summed E-state index contributed by atoms with van der Waals surface area (Å²) in [6.45, 7) is 7.58. The van der Waals surface area contributed by atoms with E-state index in [0.717, 1.165) is 37.3 Å². The fraction of sp³-hybridized carbons (Fsp3) is 0.625. The Morgan fingerprint density at radius 3 is 2.21 bits per heavy atom. The molecule has 3 heteroatoms. The van der Waals surface area contributed by atoms with E-state index in [2.05, 4.69) is 38.2 Å². The van der Waals surface area contributed by atoms with Crippen molar-refractivity contribution in [2.75, 3.05) is 20.8 Å². The number of hydrogen-bond donors (Lipinski definition) is 1. The highest BCUT2D eigenvalue weighted by Crippen LogP contribution is 2.34. The largest absolute Gasteiger partial charge is 0.493 e. The predicted octanol–water partition coefficient (Wildman–Crippen LogP) is 3.85. The maximum absolute atomic E-state index is 5.41.